The van der Waals surface area contributed by atoms with E-state index < -0.39 is 17.6 Å². The summed E-state index contributed by atoms with van der Waals surface area (Å²) < 4.78 is 1.36. The summed E-state index contributed by atoms with van der Waals surface area (Å²) in [5.74, 6) is -0.681. The van der Waals surface area contributed by atoms with E-state index in [4.69, 9.17) is 0 Å². The van der Waals surface area contributed by atoms with Gasteiger partial charge in [0.1, 0.15) is 10.5 Å². The van der Waals surface area contributed by atoms with E-state index in [1.54, 1.807) is 24.4 Å². The van der Waals surface area contributed by atoms with Crippen LogP contribution in [0.5, 0.6) is 0 Å². The quantitative estimate of drug-likeness (QED) is 0.797. The highest BCUT2D eigenvalue weighted by Crippen LogP contribution is 2.21. The number of halogens is 1. The van der Waals surface area contributed by atoms with E-state index in [-0.39, 0.29) is 10.4 Å². The Morgan fingerprint density at radius 1 is 1.48 bits per heavy atom. The molecule has 0 unspecified atom stereocenters. The smallest absolute Gasteiger partial charge is 0.326 e. The average molecular weight is 381 g/mol. The molecule has 23 heavy (non-hydrogen) atoms. The van der Waals surface area contributed by atoms with Crippen LogP contribution >= 0.6 is 15.9 Å². The maximum atomic E-state index is 12.4. The standard InChI is InChI=1S/C15H17BrN4O3/c1-3-9(2)13(15(22)23)19-10-8-18-20(14(21)12(10)16)11-6-4-5-7-17-11/h4-9,13,19H,3H2,1-2H3,(H,22,23)/t9-,13-/m0/s1. The van der Waals surface area contributed by atoms with Gasteiger partial charge in [0.25, 0.3) is 5.56 Å². The van der Waals surface area contributed by atoms with Crippen molar-refractivity contribution in [1.29, 1.82) is 0 Å². The van der Waals surface area contributed by atoms with Crippen LogP contribution < -0.4 is 10.9 Å². The molecule has 0 amide bonds. The third-order valence-electron chi connectivity index (χ3n) is 3.58. The molecule has 0 aliphatic rings. The number of nitrogens with zero attached hydrogens (tertiary/aromatic N) is 3. The van der Waals surface area contributed by atoms with Gasteiger partial charge in [0.2, 0.25) is 0 Å². The van der Waals surface area contributed by atoms with Gasteiger partial charge in [-0.15, -0.1) is 0 Å². The van der Waals surface area contributed by atoms with Crippen molar-refractivity contribution in [2.45, 2.75) is 26.3 Å². The molecule has 0 fully saturated rings. The summed E-state index contributed by atoms with van der Waals surface area (Å²) in [5.41, 5.74) is -0.0723. The number of hydrogen-bond acceptors (Lipinski definition) is 5. The van der Waals surface area contributed by atoms with Gasteiger partial charge in [0, 0.05) is 6.20 Å². The Kier molecular flexibility index (Phi) is 5.49. The fourth-order valence-corrected chi connectivity index (χ4v) is 2.41. The maximum absolute atomic E-state index is 12.4. The molecular weight excluding hydrogens is 364 g/mol. The summed E-state index contributed by atoms with van der Waals surface area (Å²) >= 11 is 3.22. The van der Waals surface area contributed by atoms with Crippen LogP contribution in [0.4, 0.5) is 5.69 Å². The SMILES string of the molecule is CC[C@H](C)[C@H](Nc1cnn(-c2ccccn2)c(=O)c1Br)C(=O)O. The number of aliphatic carboxylic acids is 1. The second-order valence-corrected chi connectivity index (χ2v) is 5.92. The minimum Gasteiger partial charge on any atom is -0.480 e. The van der Waals surface area contributed by atoms with E-state index in [0.29, 0.717) is 17.9 Å². The third-order valence-corrected chi connectivity index (χ3v) is 4.34. The summed E-state index contributed by atoms with van der Waals surface area (Å²) in [5, 5.41) is 16.3. The van der Waals surface area contributed by atoms with Crippen LogP contribution in [0.3, 0.4) is 0 Å². The Hall–Kier alpha value is -2.22. The number of aromatic nitrogens is 3. The van der Waals surface area contributed by atoms with Crippen LogP contribution in [-0.4, -0.2) is 31.9 Å². The van der Waals surface area contributed by atoms with Gasteiger partial charge in [-0.1, -0.05) is 26.3 Å². The van der Waals surface area contributed by atoms with Crippen molar-refractivity contribution in [3.05, 3.63) is 45.4 Å². The lowest BCUT2D eigenvalue weighted by atomic mass is 9.99. The zero-order valence-electron chi connectivity index (χ0n) is 12.7. The van der Waals surface area contributed by atoms with Crippen molar-refractivity contribution < 1.29 is 9.90 Å². The Balaban J connectivity index is 2.37. The fourth-order valence-electron chi connectivity index (χ4n) is 2.03. The van der Waals surface area contributed by atoms with E-state index in [9.17, 15) is 14.7 Å². The summed E-state index contributed by atoms with van der Waals surface area (Å²) in [7, 11) is 0. The molecule has 2 aromatic heterocycles. The average Bonchev–Trinajstić information content (AvgIpc) is 2.56. The molecule has 2 heterocycles. The fraction of sp³-hybridized carbons (Fsp3) is 0.333. The van der Waals surface area contributed by atoms with Crippen LogP contribution in [0.25, 0.3) is 5.82 Å². The molecule has 2 atom stereocenters. The predicted molar refractivity (Wildman–Crippen MR) is 89.8 cm³/mol. The molecule has 0 saturated heterocycles. The van der Waals surface area contributed by atoms with Crippen LogP contribution in [0.15, 0.2) is 39.9 Å². The molecule has 0 bridgehead atoms. The molecule has 2 aromatic rings. The molecule has 0 aliphatic carbocycles. The highest BCUT2D eigenvalue weighted by Gasteiger charge is 2.25. The Morgan fingerprint density at radius 3 is 2.78 bits per heavy atom. The van der Waals surface area contributed by atoms with Crippen LogP contribution in [-0.2, 0) is 4.79 Å². The van der Waals surface area contributed by atoms with Gasteiger partial charge in [0.15, 0.2) is 5.82 Å². The number of pyridine rings is 1. The van der Waals surface area contributed by atoms with E-state index in [2.05, 4.69) is 31.3 Å². The zero-order chi connectivity index (χ0) is 17.0. The first kappa shape index (κ1) is 17.1. The Morgan fingerprint density at radius 2 is 2.22 bits per heavy atom. The lowest BCUT2D eigenvalue weighted by Crippen LogP contribution is -2.36. The van der Waals surface area contributed by atoms with Crippen molar-refractivity contribution in [2.24, 2.45) is 5.92 Å². The van der Waals surface area contributed by atoms with Gasteiger partial charge in [0.05, 0.1) is 11.9 Å². The predicted octanol–water partition coefficient (Wildman–Crippen LogP) is 2.30. The number of hydrogen-bond donors (Lipinski definition) is 2. The molecule has 0 saturated carbocycles. The molecule has 2 rings (SSSR count). The molecule has 7 nitrogen and oxygen atoms in total. The minimum atomic E-state index is -0.972. The summed E-state index contributed by atoms with van der Waals surface area (Å²) in [4.78, 5) is 27.9. The van der Waals surface area contributed by atoms with Gasteiger partial charge < -0.3 is 10.4 Å². The van der Waals surface area contributed by atoms with Gasteiger partial charge >= 0.3 is 5.97 Å². The van der Waals surface area contributed by atoms with Crippen LogP contribution in [0, 0.1) is 5.92 Å². The zero-order valence-corrected chi connectivity index (χ0v) is 14.3. The van der Waals surface area contributed by atoms with Gasteiger partial charge in [-0.2, -0.15) is 9.78 Å². The number of carboxylic acids is 1. The highest BCUT2D eigenvalue weighted by atomic mass is 79.9. The van der Waals surface area contributed by atoms with E-state index in [1.165, 1.54) is 6.20 Å². The minimum absolute atomic E-state index is 0.0994. The molecule has 0 spiro atoms. The monoisotopic (exact) mass is 380 g/mol. The van der Waals surface area contributed by atoms with E-state index >= 15 is 0 Å². The first-order valence-electron chi connectivity index (χ1n) is 7.14. The molecule has 0 aromatic carbocycles. The molecule has 2 N–H and O–H groups in total. The summed E-state index contributed by atoms with van der Waals surface area (Å²) in [6.45, 7) is 3.75. The number of carboxylic acid groups (broad SMARTS) is 1. The van der Waals surface area contributed by atoms with Crippen molar-refractivity contribution in [1.82, 2.24) is 14.8 Å². The molecular formula is C15H17BrN4O3. The van der Waals surface area contributed by atoms with Gasteiger partial charge in [-0.3, -0.25) is 4.79 Å². The highest BCUT2D eigenvalue weighted by molar-refractivity contribution is 9.10. The van der Waals surface area contributed by atoms with Crippen molar-refractivity contribution >= 4 is 27.6 Å². The van der Waals surface area contributed by atoms with Crippen LogP contribution in [0.1, 0.15) is 20.3 Å². The van der Waals surface area contributed by atoms with E-state index in [0.717, 1.165) is 4.68 Å². The second kappa shape index (κ2) is 7.36. The first-order chi connectivity index (χ1) is 11.0. The third kappa shape index (κ3) is 3.76. The number of anilines is 1. The van der Waals surface area contributed by atoms with Crippen molar-refractivity contribution in [2.75, 3.05) is 5.32 Å². The Bertz CT molecular complexity index is 748. The van der Waals surface area contributed by atoms with E-state index in [1.807, 2.05) is 13.8 Å². The number of rotatable bonds is 6. The molecule has 8 heteroatoms. The first-order valence-corrected chi connectivity index (χ1v) is 7.93. The molecule has 0 radical (unpaired) electrons. The Labute approximate surface area is 141 Å². The van der Waals surface area contributed by atoms with Crippen LogP contribution in [0.2, 0.25) is 0 Å². The second-order valence-electron chi connectivity index (χ2n) is 5.12. The number of carbonyl (C=O) groups is 1. The summed E-state index contributed by atoms with van der Waals surface area (Å²) in [6.07, 6.45) is 3.67. The topological polar surface area (TPSA) is 97.1 Å². The molecule has 0 aliphatic heterocycles. The lowest BCUT2D eigenvalue weighted by Gasteiger charge is -2.21. The van der Waals surface area contributed by atoms with Crippen molar-refractivity contribution in [3.63, 3.8) is 0 Å². The molecule has 122 valence electrons. The van der Waals surface area contributed by atoms with Gasteiger partial charge in [-0.25, -0.2) is 9.78 Å². The summed E-state index contributed by atoms with van der Waals surface area (Å²) in [6, 6.07) is 4.35. The maximum Gasteiger partial charge on any atom is 0.326 e. The van der Waals surface area contributed by atoms with Gasteiger partial charge in [-0.05, 0) is 34.0 Å². The lowest BCUT2D eigenvalue weighted by molar-refractivity contribution is -0.139. The normalized spacial score (nSPS) is 13.3. The number of nitrogens with one attached hydrogen (secondary N) is 1. The largest absolute Gasteiger partial charge is 0.480 e. The van der Waals surface area contributed by atoms with Crippen molar-refractivity contribution in [3.8, 4) is 5.82 Å².